The molecular formula is C32H25F2N3O4. The highest BCUT2D eigenvalue weighted by atomic mass is 19.1. The molecule has 2 atom stereocenters. The molecular weight excluding hydrogens is 528 g/mol. The number of aromatic nitrogens is 1. The molecule has 2 unspecified atom stereocenters. The van der Waals surface area contributed by atoms with Crippen LogP contribution in [0.1, 0.15) is 46.8 Å². The minimum Gasteiger partial charge on any atom is -0.452 e. The van der Waals surface area contributed by atoms with E-state index in [1.807, 2.05) is 6.08 Å². The second-order valence-electron chi connectivity index (χ2n) is 10.1. The summed E-state index contributed by atoms with van der Waals surface area (Å²) in [4.78, 5) is 41.3. The number of H-pyrrole nitrogens is 1. The molecule has 1 aliphatic heterocycles. The van der Waals surface area contributed by atoms with Crippen molar-refractivity contribution in [2.24, 2.45) is 11.0 Å². The van der Waals surface area contributed by atoms with Gasteiger partial charge in [0, 0.05) is 22.9 Å². The van der Waals surface area contributed by atoms with E-state index in [4.69, 9.17) is 9.84 Å². The smallest absolute Gasteiger partial charge is 0.339 e. The average Bonchev–Trinajstić information content (AvgIpc) is 3.37. The number of para-hydroxylation sites is 1. The van der Waals surface area contributed by atoms with E-state index in [1.54, 1.807) is 48.5 Å². The number of hydrogen-bond donors (Lipinski definition) is 1. The second-order valence-corrected chi connectivity index (χ2v) is 10.1. The molecule has 0 radical (unpaired) electrons. The topological polar surface area (TPSA) is 91.8 Å². The van der Waals surface area contributed by atoms with E-state index >= 15 is 0 Å². The van der Waals surface area contributed by atoms with E-state index in [0.29, 0.717) is 16.5 Å². The fourth-order valence-corrected chi connectivity index (χ4v) is 5.61. The van der Waals surface area contributed by atoms with Crippen molar-refractivity contribution in [3.63, 3.8) is 0 Å². The number of esters is 1. The molecule has 7 nitrogen and oxygen atoms in total. The SMILES string of the molecule is O=C(OCC(=O)N1N=C2C(=Cc3ccc(F)cc3)CCCC2C1c1ccc(F)cc1)c1cc(=O)[nH]c2ccccc12. The number of carbonyl (C=O) groups is 2. The van der Waals surface area contributed by atoms with Gasteiger partial charge in [0.15, 0.2) is 6.61 Å². The summed E-state index contributed by atoms with van der Waals surface area (Å²) in [6, 6.07) is 19.5. The molecule has 0 bridgehead atoms. The molecule has 2 heterocycles. The zero-order valence-electron chi connectivity index (χ0n) is 21.8. The van der Waals surface area contributed by atoms with Crippen molar-refractivity contribution in [2.75, 3.05) is 6.61 Å². The maximum absolute atomic E-state index is 13.8. The van der Waals surface area contributed by atoms with Gasteiger partial charge in [0.05, 0.1) is 17.3 Å². The van der Waals surface area contributed by atoms with E-state index in [1.165, 1.54) is 29.3 Å². The van der Waals surface area contributed by atoms with Crippen LogP contribution in [0.2, 0.25) is 0 Å². The van der Waals surface area contributed by atoms with E-state index in [0.717, 1.165) is 42.2 Å². The summed E-state index contributed by atoms with van der Waals surface area (Å²) < 4.78 is 32.6. The first-order valence-corrected chi connectivity index (χ1v) is 13.3. The maximum Gasteiger partial charge on any atom is 0.339 e. The zero-order chi connectivity index (χ0) is 28.5. The van der Waals surface area contributed by atoms with Gasteiger partial charge in [0.2, 0.25) is 5.56 Å². The molecule has 1 amide bonds. The van der Waals surface area contributed by atoms with Gasteiger partial charge in [-0.2, -0.15) is 5.10 Å². The minimum atomic E-state index is -0.805. The van der Waals surface area contributed by atoms with Crippen LogP contribution in [0, 0.1) is 17.6 Å². The summed E-state index contributed by atoms with van der Waals surface area (Å²) in [6.07, 6.45) is 4.28. The van der Waals surface area contributed by atoms with Gasteiger partial charge in [0.25, 0.3) is 5.91 Å². The van der Waals surface area contributed by atoms with E-state index in [-0.39, 0.29) is 17.3 Å². The maximum atomic E-state index is 13.8. The number of halogens is 2. The Balaban J connectivity index is 1.30. The van der Waals surface area contributed by atoms with Crippen LogP contribution < -0.4 is 5.56 Å². The van der Waals surface area contributed by atoms with Crippen LogP contribution in [-0.4, -0.2) is 34.2 Å². The van der Waals surface area contributed by atoms with Gasteiger partial charge in [-0.3, -0.25) is 9.59 Å². The second kappa shape index (κ2) is 10.9. The number of fused-ring (bicyclic) bond motifs is 2. The molecule has 4 aromatic rings. The van der Waals surface area contributed by atoms with Crippen molar-refractivity contribution in [1.29, 1.82) is 0 Å². The van der Waals surface area contributed by atoms with Crippen molar-refractivity contribution in [1.82, 2.24) is 9.99 Å². The Hall–Kier alpha value is -4.92. The summed E-state index contributed by atoms with van der Waals surface area (Å²) in [5.74, 6) is -2.24. The van der Waals surface area contributed by atoms with Crippen molar-refractivity contribution < 1.29 is 23.1 Å². The van der Waals surface area contributed by atoms with Crippen molar-refractivity contribution in [2.45, 2.75) is 25.3 Å². The summed E-state index contributed by atoms with van der Waals surface area (Å²) >= 11 is 0. The monoisotopic (exact) mass is 553 g/mol. The number of amides is 1. The minimum absolute atomic E-state index is 0.0538. The van der Waals surface area contributed by atoms with Crippen molar-refractivity contribution >= 4 is 34.6 Å². The third kappa shape index (κ3) is 5.30. The predicted molar refractivity (Wildman–Crippen MR) is 150 cm³/mol. The van der Waals surface area contributed by atoms with Crippen LogP contribution in [0.5, 0.6) is 0 Å². The highest BCUT2D eigenvalue weighted by molar-refractivity contribution is 6.08. The summed E-state index contributed by atoms with van der Waals surface area (Å²) in [5.41, 5.74) is 3.25. The lowest BCUT2D eigenvalue weighted by Crippen LogP contribution is -2.34. The van der Waals surface area contributed by atoms with Gasteiger partial charge in [0.1, 0.15) is 11.6 Å². The Labute approximate surface area is 233 Å². The number of hydrogen-bond acceptors (Lipinski definition) is 5. The van der Waals surface area contributed by atoms with Gasteiger partial charge in [-0.05, 0) is 72.4 Å². The lowest BCUT2D eigenvalue weighted by molar-refractivity contribution is -0.137. The summed E-state index contributed by atoms with van der Waals surface area (Å²) in [7, 11) is 0. The molecule has 2 aliphatic rings. The van der Waals surface area contributed by atoms with Gasteiger partial charge in [-0.1, -0.05) is 42.5 Å². The van der Waals surface area contributed by atoms with Crippen molar-refractivity contribution in [3.8, 4) is 0 Å². The fraction of sp³-hybridized carbons (Fsp3) is 0.188. The zero-order valence-corrected chi connectivity index (χ0v) is 21.8. The summed E-state index contributed by atoms with van der Waals surface area (Å²) in [5, 5.41) is 6.53. The Bertz CT molecular complexity index is 1760. The lowest BCUT2D eigenvalue weighted by atomic mass is 9.77. The predicted octanol–water partition coefficient (Wildman–Crippen LogP) is 5.79. The number of allylic oxidation sites excluding steroid dienone is 1. The quantitative estimate of drug-likeness (QED) is 0.317. The van der Waals surface area contributed by atoms with E-state index in [9.17, 15) is 23.2 Å². The van der Waals surface area contributed by atoms with Crippen molar-refractivity contribution in [3.05, 3.63) is 123 Å². The first-order chi connectivity index (χ1) is 19.9. The van der Waals surface area contributed by atoms with Crippen LogP contribution >= 0.6 is 0 Å². The lowest BCUT2D eigenvalue weighted by Gasteiger charge is -2.29. The molecule has 0 saturated heterocycles. The highest BCUT2D eigenvalue weighted by Crippen LogP contribution is 2.44. The number of rotatable bonds is 5. The largest absolute Gasteiger partial charge is 0.452 e. The molecule has 1 N–H and O–H groups in total. The standard InChI is InChI=1S/C32H25F2N3O4/c33-22-12-8-19(9-13-22)16-21-4-3-6-25-30(21)36-37(31(25)20-10-14-23(34)15-11-20)29(39)18-41-32(40)26-17-28(38)35-27-7-2-1-5-24(26)27/h1-2,5,7-17,25,31H,3-4,6,18H2,(H,35,38). The first-order valence-electron chi connectivity index (χ1n) is 13.3. The van der Waals surface area contributed by atoms with Crippen LogP contribution in [0.4, 0.5) is 8.78 Å². The van der Waals surface area contributed by atoms with Crippen LogP contribution in [0.3, 0.4) is 0 Å². The molecule has 3 aromatic carbocycles. The average molecular weight is 554 g/mol. The van der Waals surface area contributed by atoms with Crippen LogP contribution in [-0.2, 0) is 9.53 Å². The number of carbonyl (C=O) groups excluding carboxylic acids is 2. The number of aromatic amines is 1. The Morgan fingerprint density at radius 2 is 1.71 bits per heavy atom. The van der Waals surface area contributed by atoms with E-state index in [2.05, 4.69) is 4.98 Å². The molecule has 9 heteroatoms. The molecule has 6 rings (SSSR count). The highest BCUT2D eigenvalue weighted by Gasteiger charge is 2.44. The van der Waals surface area contributed by atoms with Gasteiger partial charge in [-0.15, -0.1) is 0 Å². The van der Waals surface area contributed by atoms with Crippen LogP contribution in [0.25, 0.3) is 17.0 Å². The fourth-order valence-electron chi connectivity index (χ4n) is 5.61. The first kappa shape index (κ1) is 26.3. The van der Waals surface area contributed by atoms with Gasteiger partial charge < -0.3 is 9.72 Å². The van der Waals surface area contributed by atoms with Crippen LogP contribution in [0.15, 0.2) is 94.3 Å². The van der Waals surface area contributed by atoms with E-state index < -0.39 is 35.9 Å². The third-order valence-electron chi connectivity index (χ3n) is 7.48. The Morgan fingerprint density at radius 3 is 2.46 bits per heavy atom. The number of nitrogens with zero attached hydrogens (tertiary/aromatic N) is 2. The third-order valence-corrected chi connectivity index (χ3v) is 7.48. The number of pyridine rings is 1. The summed E-state index contributed by atoms with van der Waals surface area (Å²) in [6.45, 7) is -0.599. The normalized spacial score (nSPS) is 19.2. The Morgan fingerprint density at radius 1 is 1.00 bits per heavy atom. The van der Waals surface area contributed by atoms with Gasteiger partial charge >= 0.3 is 5.97 Å². The number of hydrazone groups is 1. The molecule has 41 heavy (non-hydrogen) atoms. The molecule has 206 valence electrons. The molecule has 0 spiro atoms. The molecule has 1 aromatic heterocycles. The Kier molecular flexibility index (Phi) is 7.01. The molecule has 1 fully saturated rings. The molecule has 1 saturated carbocycles. The number of ether oxygens (including phenoxy) is 1. The van der Waals surface area contributed by atoms with Gasteiger partial charge in [-0.25, -0.2) is 18.6 Å². The number of nitrogens with one attached hydrogen (secondary N) is 1. The molecule has 1 aliphatic carbocycles. The number of benzene rings is 3.